The van der Waals surface area contributed by atoms with Crippen LogP contribution < -0.4 is 10.6 Å². The minimum absolute atomic E-state index is 0.0590. The molecule has 0 saturated heterocycles. The Hall–Kier alpha value is -2.48. The topological polar surface area (TPSA) is 78.4 Å². The number of carbonyl (C=O) groups is 2. The van der Waals surface area contributed by atoms with E-state index < -0.39 is 18.0 Å². The number of rotatable bonds is 5. The highest BCUT2D eigenvalue weighted by Gasteiger charge is 2.19. The van der Waals surface area contributed by atoms with Crippen molar-refractivity contribution in [3.05, 3.63) is 35.9 Å². The van der Waals surface area contributed by atoms with Crippen molar-refractivity contribution in [2.45, 2.75) is 12.5 Å². The van der Waals surface area contributed by atoms with Gasteiger partial charge in [-0.05, 0) is 5.56 Å². The highest BCUT2D eigenvalue weighted by molar-refractivity contribution is 5.82. The first kappa shape index (κ1) is 13.6. The molecule has 0 saturated carbocycles. The van der Waals surface area contributed by atoms with E-state index in [0.29, 0.717) is 0 Å². The number of carbonyl (C=O) groups excluding carboxylic acids is 1. The molecule has 0 aromatic heterocycles. The lowest BCUT2D eigenvalue weighted by Gasteiger charge is -2.14. The smallest absolute Gasteiger partial charge is 0.326 e. The van der Waals surface area contributed by atoms with E-state index in [1.54, 1.807) is 12.1 Å². The summed E-state index contributed by atoms with van der Waals surface area (Å²) < 4.78 is 0. The van der Waals surface area contributed by atoms with Crippen LogP contribution >= 0.6 is 0 Å². The van der Waals surface area contributed by atoms with Gasteiger partial charge >= 0.3 is 12.0 Å². The third-order valence-electron chi connectivity index (χ3n) is 2.24. The van der Waals surface area contributed by atoms with Crippen molar-refractivity contribution in [3.8, 4) is 12.3 Å². The molecule has 0 unspecified atom stereocenters. The number of aliphatic carboxylic acids is 1. The van der Waals surface area contributed by atoms with Gasteiger partial charge in [-0.1, -0.05) is 36.3 Å². The SMILES string of the molecule is C#CCNC(=O)N[C@@H](Cc1ccccc1)C(=O)O. The number of terminal acetylenes is 1. The molecule has 2 amide bonds. The van der Waals surface area contributed by atoms with E-state index >= 15 is 0 Å². The number of carboxylic acids is 1. The Balaban J connectivity index is 2.59. The van der Waals surface area contributed by atoms with Gasteiger partial charge in [0.1, 0.15) is 6.04 Å². The summed E-state index contributed by atoms with van der Waals surface area (Å²) in [5, 5.41) is 13.7. The maximum absolute atomic E-state index is 11.3. The highest BCUT2D eigenvalue weighted by Crippen LogP contribution is 2.03. The van der Waals surface area contributed by atoms with Gasteiger partial charge in [-0.25, -0.2) is 9.59 Å². The fourth-order valence-corrected chi connectivity index (χ4v) is 1.39. The van der Waals surface area contributed by atoms with Gasteiger partial charge in [0.2, 0.25) is 0 Å². The summed E-state index contributed by atoms with van der Waals surface area (Å²) in [5.41, 5.74) is 0.835. The fraction of sp³-hybridized carbons (Fsp3) is 0.231. The summed E-state index contributed by atoms with van der Waals surface area (Å²) in [6, 6.07) is 7.50. The Labute approximate surface area is 105 Å². The van der Waals surface area contributed by atoms with Crippen molar-refractivity contribution in [3.63, 3.8) is 0 Å². The van der Waals surface area contributed by atoms with Crippen LogP contribution in [0.2, 0.25) is 0 Å². The van der Waals surface area contributed by atoms with Crippen molar-refractivity contribution in [2.75, 3.05) is 6.54 Å². The van der Waals surface area contributed by atoms with E-state index in [4.69, 9.17) is 11.5 Å². The molecule has 0 aliphatic rings. The van der Waals surface area contributed by atoms with Crippen LogP contribution in [0.5, 0.6) is 0 Å². The zero-order valence-corrected chi connectivity index (χ0v) is 9.72. The minimum atomic E-state index is -1.09. The summed E-state index contributed by atoms with van der Waals surface area (Å²) >= 11 is 0. The molecule has 3 N–H and O–H groups in total. The second-order valence-corrected chi connectivity index (χ2v) is 3.61. The van der Waals surface area contributed by atoms with E-state index in [1.807, 2.05) is 18.2 Å². The van der Waals surface area contributed by atoms with Gasteiger partial charge in [0.05, 0.1) is 6.54 Å². The van der Waals surface area contributed by atoms with Gasteiger partial charge in [0.25, 0.3) is 0 Å². The van der Waals surface area contributed by atoms with E-state index in [2.05, 4.69) is 16.6 Å². The first-order valence-corrected chi connectivity index (χ1v) is 5.38. The summed E-state index contributed by atoms with van der Waals surface area (Å²) in [4.78, 5) is 22.4. The third-order valence-corrected chi connectivity index (χ3v) is 2.24. The predicted molar refractivity (Wildman–Crippen MR) is 66.9 cm³/mol. The lowest BCUT2D eigenvalue weighted by molar-refractivity contribution is -0.139. The molecular formula is C13H14N2O3. The van der Waals surface area contributed by atoms with Crippen LogP contribution in [0, 0.1) is 12.3 Å². The Morgan fingerprint density at radius 1 is 1.33 bits per heavy atom. The maximum atomic E-state index is 11.3. The lowest BCUT2D eigenvalue weighted by atomic mass is 10.1. The summed E-state index contributed by atoms with van der Waals surface area (Å²) in [7, 11) is 0. The van der Waals surface area contributed by atoms with Gasteiger partial charge in [0, 0.05) is 6.42 Å². The summed E-state index contributed by atoms with van der Waals surface area (Å²) in [5.74, 6) is 1.14. The van der Waals surface area contributed by atoms with Gasteiger partial charge in [-0.2, -0.15) is 0 Å². The largest absolute Gasteiger partial charge is 0.480 e. The molecule has 5 nitrogen and oxygen atoms in total. The van der Waals surface area contributed by atoms with Crippen molar-refractivity contribution >= 4 is 12.0 Å². The highest BCUT2D eigenvalue weighted by atomic mass is 16.4. The molecule has 0 spiro atoms. The molecule has 0 bridgehead atoms. The fourth-order valence-electron chi connectivity index (χ4n) is 1.39. The van der Waals surface area contributed by atoms with Crippen LogP contribution in [0.1, 0.15) is 5.56 Å². The molecule has 1 aromatic rings. The van der Waals surface area contributed by atoms with Crippen molar-refractivity contribution in [2.24, 2.45) is 0 Å². The molecule has 94 valence electrons. The number of benzene rings is 1. The van der Waals surface area contributed by atoms with Crippen LogP contribution in [0.15, 0.2) is 30.3 Å². The molecule has 0 aliphatic carbocycles. The number of hydrogen-bond donors (Lipinski definition) is 3. The Kier molecular flexibility index (Phi) is 5.26. The van der Waals surface area contributed by atoms with E-state index in [0.717, 1.165) is 5.56 Å². The van der Waals surface area contributed by atoms with E-state index in [1.165, 1.54) is 0 Å². The van der Waals surface area contributed by atoms with Crippen molar-refractivity contribution < 1.29 is 14.7 Å². The average molecular weight is 246 g/mol. The van der Waals surface area contributed by atoms with Gasteiger partial charge in [-0.15, -0.1) is 6.42 Å². The van der Waals surface area contributed by atoms with Crippen LogP contribution in [0.25, 0.3) is 0 Å². The molecule has 18 heavy (non-hydrogen) atoms. The monoisotopic (exact) mass is 246 g/mol. The van der Waals surface area contributed by atoms with Crippen molar-refractivity contribution in [1.82, 2.24) is 10.6 Å². The van der Waals surface area contributed by atoms with Crippen LogP contribution in [0.4, 0.5) is 4.79 Å². The average Bonchev–Trinajstić information content (AvgIpc) is 2.36. The third kappa shape index (κ3) is 4.58. The number of nitrogens with one attached hydrogen (secondary N) is 2. The Bertz CT molecular complexity index is 451. The van der Waals surface area contributed by atoms with Gasteiger partial charge in [0.15, 0.2) is 0 Å². The normalized spacial score (nSPS) is 11.1. The molecule has 1 aromatic carbocycles. The predicted octanol–water partition coefficient (Wildman–Crippen LogP) is 0.615. The quantitative estimate of drug-likeness (QED) is 0.666. The molecule has 0 aliphatic heterocycles. The van der Waals surface area contributed by atoms with Crippen LogP contribution in [-0.4, -0.2) is 29.7 Å². The second-order valence-electron chi connectivity index (χ2n) is 3.61. The van der Waals surface area contributed by atoms with Gasteiger partial charge in [-0.3, -0.25) is 0 Å². The van der Waals surface area contributed by atoms with Crippen molar-refractivity contribution in [1.29, 1.82) is 0 Å². The standard InChI is InChI=1S/C13H14N2O3/c1-2-8-14-13(18)15-11(12(16)17)9-10-6-4-3-5-7-10/h1,3-7,11H,8-9H2,(H,16,17)(H2,14,15,18)/t11-/m0/s1. The number of hydrogen-bond acceptors (Lipinski definition) is 2. The number of amides is 2. The summed E-state index contributed by atoms with van der Waals surface area (Å²) in [6.45, 7) is 0.0590. The summed E-state index contributed by atoms with van der Waals surface area (Å²) in [6.07, 6.45) is 5.20. The van der Waals surface area contributed by atoms with E-state index in [9.17, 15) is 9.59 Å². The van der Waals surface area contributed by atoms with Crippen LogP contribution in [0.3, 0.4) is 0 Å². The molecule has 1 atom stereocenters. The molecule has 5 heteroatoms. The van der Waals surface area contributed by atoms with Gasteiger partial charge < -0.3 is 15.7 Å². The number of carboxylic acid groups (broad SMARTS) is 1. The maximum Gasteiger partial charge on any atom is 0.326 e. The first-order chi connectivity index (χ1) is 8.63. The first-order valence-electron chi connectivity index (χ1n) is 5.38. The lowest BCUT2D eigenvalue weighted by Crippen LogP contribution is -2.47. The van der Waals surface area contributed by atoms with Crippen LogP contribution in [-0.2, 0) is 11.2 Å². The van der Waals surface area contributed by atoms with E-state index in [-0.39, 0.29) is 13.0 Å². The Morgan fingerprint density at radius 3 is 2.56 bits per heavy atom. The molecule has 0 heterocycles. The molecule has 1 rings (SSSR count). The second kappa shape index (κ2) is 6.97. The number of urea groups is 1. The molecular weight excluding hydrogens is 232 g/mol. The zero-order chi connectivity index (χ0) is 13.4. The molecule has 0 radical (unpaired) electrons. The molecule has 0 fully saturated rings. The Morgan fingerprint density at radius 2 is 2.00 bits per heavy atom. The zero-order valence-electron chi connectivity index (χ0n) is 9.72. The minimum Gasteiger partial charge on any atom is -0.480 e.